The van der Waals surface area contributed by atoms with E-state index < -0.39 is 17.8 Å². The number of nitrogens with two attached hydrogens (primary N) is 1. The van der Waals surface area contributed by atoms with Crippen LogP contribution in [0, 0.1) is 0 Å². The molecule has 0 heterocycles. The van der Waals surface area contributed by atoms with Crippen LogP contribution in [0.25, 0.3) is 0 Å². The van der Waals surface area contributed by atoms with Gasteiger partial charge in [-0.2, -0.15) is 13.2 Å². The van der Waals surface area contributed by atoms with Crippen LogP contribution < -0.4 is 10.5 Å². The van der Waals surface area contributed by atoms with E-state index in [1.807, 2.05) is 0 Å². The third kappa shape index (κ3) is 2.59. The van der Waals surface area contributed by atoms with Gasteiger partial charge in [-0.25, -0.2) is 0 Å². The van der Waals surface area contributed by atoms with Crippen LogP contribution in [0.3, 0.4) is 0 Å². The molecule has 1 aromatic carbocycles. The molecule has 0 saturated carbocycles. The summed E-state index contributed by atoms with van der Waals surface area (Å²) in [5.74, 6) is 0.0508. The molecule has 0 aromatic heterocycles. The largest absolute Gasteiger partial charge is 0.496 e. The van der Waals surface area contributed by atoms with Crippen molar-refractivity contribution in [2.24, 2.45) is 5.73 Å². The van der Waals surface area contributed by atoms with E-state index in [1.165, 1.54) is 7.11 Å². The number of rotatable bonds is 2. The Kier molecular flexibility index (Phi) is 3.70. The van der Waals surface area contributed by atoms with Gasteiger partial charge in [-0.3, -0.25) is 0 Å². The summed E-state index contributed by atoms with van der Waals surface area (Å²) < 4.78 is 42.3. The Balaban J connectivity index is 3.38. The fraction of sp³-hybridized carbons (Fsp3) is 0.400. The van der Waals surface area contributed by atoms with Gasteiger partial charge >= 0.3 is 6.18 Å². The first-order valence-electron chi connectivity index (χ1n) is 4.47. The summed E-state index contributed by atoms with van der Waals surface area (Å²) in [5.41, 5.74) is 5.13. The molecule has 90 valence electrons. The van der Waals surface area contributed by atoms with Crippen molar-refractivity contribution in [3.05, 3.63) is 28.3 Å². The average molecular weight is 254 g/mol. The van der Waals surface area contributed by atoms with Crippen molar-refractivity contribution in [1.29, 1.82) is 0 Å². The maximum atomic E-state index is 12.5. The molecule has 1 atom stereocenters. The standard InChI is InChI=1S/C10H11ClF3NO/c1-5(15)9-7(11)3-6(10(12,13)14)4-8(9)16-2/h3-5H,15H2,1-2H3. The van der Waals surface area contributed by atoms with Gasteiger partial charge in [-0.1, -0.05) is 11.6 Å². The smallest absolute Gasteiger partial charge is 0.416 e. The summed E-state index contributed by atoms with van der Waals surface area (Å²) >= 11 is 5.75. The normalized spacial score (nSPS) is 13.7. The average Bonchev–Trinajstić information content (AvgIpc) is 2.14. The number of alkyl halides is 3. The molecule has 2 nitrogen and oxygen atoms in total. The number of hydrogen-bond acceptors (Lipinski definition) is 2. The van der Waals surface area contributed by atoms with E-state index in [2.05, 4.69) is 0 Å². The van der Waals surface area contributed by atoms with Crippen LogP contribution in [0.5, 0.6) is 5.75 Å². The first-order valence-corrected chi connectivity index (χ1v) is 4.85. The first kappa shape index (κ1) is 13.1. The zero-order valence-corrected chi connectivity index (χ0v) is 9.49. The van der Waals surface area contributed by atoms with Gasteiger partial charge < -0.3 is 10.5 Å². The van der Waals surface area contributed by atoms with Gasteiger partial charge in [0.1, 0.15) is 5.75 Å². The fourth-order valence-electron chi connectivity index (χ4n) is 1.37. The van der Waals surface area contributed by atoms with Crippen molar-refractivity contribution in [3.8, 4) is 5.75 Å². The summed E-state index contributed by atoms with van der Waals surface area (Å²) in [6.45, 7) is 1.62. The van der Waals surface area contributed by atoms with E-state index in [4.69, 9.17) is 22.1 Å². The van der Waals surface area contributed by atoms with Gasteiger partial charge in [0.25, 0.3) is 0 Å². The minimum Gasteiger partial charge on any atom is -0.496 e. The number of methoxy groups -OCH3 is 1. The molecule has 0 aliphatic heterocycles. The summed E-state index contributed by atoms with van der Waals surface area (Å²) in [5, 5.41) is -0.0401. The Hall–Kier alpha value is -0.940. The monoisotopic (exact) mass is 253 g/mol. The lowest BCUT2D eigenvalue weighted by molar-refractivity contribution is -0.137. The summed E-state index contributed by atoms with van der Waals surface area (Å²) in [6.07, 6.45) is -4.45. The topological polar surface area (TPSA) is 35.2 Å². The molecule has 0 aliphatic carbocycles. The lowest BCUT2D eigenvalue weighted by Crippen LogP contribution is -2.11. The number of halogens is 4. The second kappa shape index (κ2) is 4.51. The lowest BCUT2D eigenvalue weighted by atomic mass is 10.0. The Bertz CT molecular complexity index is 390. The van der Waals surface area contributed by atoms with E-state index in [0.29, 0.717) is 5.56 Å². The molecular weight excluding hydrogens is 243 g/mol. The minimum absolute atomic E-state index is 0.0401. The zero-order valence-electron chi connectivity index (χ0n) is 8.73. The van der Waals surface area contributed by atoms with Crippen molar-refractivity contribution in [2.45, 2.75) is 19.1 Å². The minimum atomic E-state index is -4.45. The first-order chi connectivity index (χ1) is 7.27. The van der Waals surface area contributed by atoms with Crippen LogP contribution in [0.2, 0.25) is 5.02 Å². The Morgan fingerprint density at radius 3 is 2.31 bits per heavy atom. The molecule has 2 N–H and O–H groups in total. The van der Waals surface area contributed by atoms with Crippen LogP contribution in [-0.4, -0.2) is 7.11 Å². The highest BCUT2D eigenvalue weighted by atomic mass is 35.5. The Labute approximate surface area is 96.1 Å². The molecular formula is C10H11ClF3NO. The predicted octanol–water partition coefficient (Wildman–Crippen LogP) is 3.39. The second-order valence-electron chi connectivity index (χ2n) is 3.36. The van der Waals surface area contributed by atoms with Crippen LogP contribution >= 0.6 is 11.6 Å². The SMILES string of the molecule is COc1cc(C(F)(F)F)cc(Cl)c1C(C)N. The van der Waals surface area contributed by atoms with Crippen LogP contribution in [0.1, 0.15) is 24.1 Å². The van der Waals surface area contributed by atoms with Gasteiger partial charge in [0, 0.05) is 16.6 Å². The van der Waals surface area contributed by atoms with Crippen LogP contribution in [-0.2, 0) is 6.18 Å². The highest BCUT2D eigenvalue weighted by Gasteiger charge is 2.32. The quantitative estimate of drug-likeness (QED) is 0.877. The second-order valence-corrected chi connectivity index (χ2v) is 3.77. The van der Waals surface area contributed by atoms with Crippen LogP contribution in [0.4, 0.5) is 13.2 Å². The number of benzene rings is 1. The fourth-order valence-corrected chi connectivity index (χ4v) is 1.75. The number of hydrogen-bond donors (Lipinski definition) is 1. The molecule has 0 bridgehead atoms. The third-order valence-electron chi connectivity index (χ3n) is 2.09. The third-order valence-corrected chi connectivity index (χ3v) is 2.41. The van der Waals surface area contributed by atoms with E-state index in [9.17, 15) is 13.2 Å². The van der Waals surface area contributed by atoms with Crippen molar-refractivity contribution >= 4 is 11.6 Å². The Morgan fingerprint density at radius 1 is 1.38 bits per heavy atom. The summed E-state index contributed by atoms with van der Waals surface area (Å²) in [7, 11) is 1.28. The lowest BCUT2D eigenvalue weighted by Gasteiger charge is -2.16. The summed E-state index contributed by atoms with van der Waals surface area (Å²) in [6, 6.07) is 1.25. The van der Waals surface area contributed by atoms with Gasteiger partial charge in [-0.15, -0.1) is 0 Å². The zero-order chi connectivity index (χ0) is 12.5. The van der Waals surface area contributed by atoms with E-state index in [1.54, 1.807) is 6.92 Å². The number of ether oxygens (including phenoxy) is 1. The van der Waals surface area contributed by atoms with Gasteiger partial charge in [0.15, 0.2) is 0 Å². The molecule has 1 aromatic rings. The van der Waals surface area contributed by atoms with Gasteiger partial charge in [-0.05, 0) is 19.1 Å². The predicted molar refractivity (Wildman–Crippen MR) is 55.6 cm³/mol. The van der Waals surface area contributed by atoms with Crippen molar-refractivity contribution in [2.75, 3.05) is 7.11 Å². The molecule has 0 radical (unpaired) electrons. The molecule has 0 amide bonds. The molecule has 1 unspecified atom stereocenters. The maximum absolute atomic E-state index is 12.5. The molecule has 0 saturated heterocycles. The molecule has 6 heteroatoms. The highest BCUT2D eigenvalue weighted by molar-refractivity contribution is 6.31. The summed E-state index contributed by atoms with van der Waals surface area (Å²) in [4.78, 5) is 0. The molecule has 1 rings (SSSR count). The van der Waals surface area contributed by atoms with Crippen molar-refractivity contribution < 1.29 is 17.9 Å². The molecule has 16 heavy (non-hydrogen) atoms. The maximum Gasteiger partial charge on any atom is 0.416 e. The van der Waals surface area contributed by atoms with Crippen LogP contribution in [0.15, 0.2) is 12.1 Å². The van der Waals surface area contributed by atoms with Crippen molar-refractivity contribution in [3.63, 3.8) is 0 Å². The van der Waals surface area contributed by atoms with E-state index in [0.717, 1.165) is 12.1 Å². The van der Waals surface area contributed by atoms with Gasteiger partial charge in [0.05, 0.1) is 12.7 Å². The van der Waals surface area contributed by atoms with Crippen molar-refractivity contribution in [1.82, 2.24) is 0 Å². The molecule has 0 fully saturated rings. The Morgan fingerprint density at radius 2 is 1.94 bits per heavy atom. The highest BCUT2D eigenvalue weighted by Crippen LogP contribution is 2.38. The van der Waals surface area contributed by atoms with E-state index in [-0.39, 0.29) is 10.8 Å². The molecule has 0 aliphatic rings. The van der Waals surface area contributed by atoms with E-state index >= 15 is 0 Å². The molecule has 0 spiro atoms. The van der Waals surface area contributed by atoms with Gasteiger partial charge in [0.2, 0.25) is 0 Å².